The second-order valence-corrected chi connectivity index (χ2v) is 11.4. The summed E-state index contributed by atoms with van der Waals surface area (Å²) in [6, 6.07) is 15.7. The fraction of sp³-hybridized carbons (Fsp3) is 0.321. The van der Waals surface area contributed by atoms with Gasteiger partial charge in [0, 0.05) is 30.5 Å². The number of urea groups is 1. The number of nitrogens with one attached hydrogen (secondary N) is 2. The molecular formula is C28H31N5O4S. The lowest BCUT2D eigenvalue weighted by Crippen LogP contribution is -2.40. The van der Waals surface area contributed by atoms with Crippen molar-refractivity contribution >= 4 is 27.2 Å². The highest BCUT2D eigenvalue weighted by Gasteiger charge is 2.26. The number of carbonyl (C=O) groups is 1. The molecule has 1 aliphatic rings. The van der Waals surface area contributed by atoms with Gasteiger partial charge in [0.1, 0.15) is 11.3 Å². The molecule has 38 heavy (non-hydrogen) atoms. The smallest absolute Gasteiger partial charge is 0.328 e. The Morgan fingerprint density at radius 1 is 1.05 bits per heavy atom. The molecule has 2 aromatic heterocycles. The van der Waals surface area contributed by atoms with Crippen LogP contribution in [0.25, 0.3) is 16.9 Å². The van der Waals surface area contributed by atoms with Crippen LogP contribution in [0.5, 0.6) is 0 Å². The first-order chi connectivity index (χ1) is 18.2. The second kappa shape index (κ2) is 10.5. The fourth-order valence-electron chi connectivity index (χ4n) is 4.71. The molecule has 0 spiro atoms. The number of carbonyl (C=O) groups excluding carboxylic acids is 1. The van der Waals surface area contributed by atoms with Crippen LogP contribution in [0.1, 0.15) is 40.5 Å². The lowest BCUT2D eigenvalue weighted by Gasteiger charge is -2.13. The van der Waals surface area contributed by atoms with Crippen molar-refractivity contribution in [2.45, 2.75) is 44.4 Å². The number of aromatic nitrogens is 3. The zero-order valence-corrected chi connectivity index (χ0v) is 22.5. The summed E-state index contributed by atoms with van der Waals surface area (Å²) in [6.07, 6.45) is 1.47. The molecule has 9 nitrogen and oxygen atoms in total. The van der Waals surface area contributed by atoms with Gasteiger partial charge in [-0.15, -0.1) is 0 Å². The van der Waals surface area contributed by atoms with Crippen LogP contribution in [0.4, 0.5) is 4.79 Å². The maximum absolute atomic E-state index is 12.4. The third-order valence-electron chi connectivity index (χ3n) is 6.71. The Morgan fingerprint density at radius 2 is 1.79 bits per heavy atom. The van der Waals surface area contributed by atoms with Crippen molar-refractivity contribution in [2.24, 2.45) is 0 Å². The van der Waals surface area contributed by atoms with Gasteiger partial charge in [0.05, 0.1) is 11.5 Å². The monoisotopic (exact) mass is 533 g/mol. The number of pyridine rings is 1. The average Bonchev–Trinajstić information content (AvgIpc) is 3.53. The number of ether oxygens (including phenoxy) is 1. The summed E-state index contributed by atoms with van der Waals surface area (Å²) in [5.41, 5.74) is 6.68. The van der Waals surface area contributed by atoms with E-state index in [2.05, 4.69) is 21.5 Å². The molecule has 0 bridgehead atoms. The van der Waals surface area contributed by atoms with Crippen LogP contribution < -0.4 is 10.0 Å². The minimum absolute atomic E-state index is 0.0456. The first-order valence-corrected chi connectivity index (χ1v) is 14.1. The molecule has 10 heteroatoms. The minimum atomic E-state index is -3.92. The van der Waals surface area contributed by atoms with Gasteiger partial charge in [-0.1, -0.05) is 29.8 Å². The molecule has 2 N–H and O–H groups in total. The SMILES string of the molecule is Cc1ccc(S(=O)(=O)NC(=O)NCCc2ccc(-n3c(C4CCOC4)nc4c(C)cc(C)nc43)cc2)cc1. The average molecular weight is 534 g/mol. The Bertz CT molecular complexity index is 1570. The molecule has 0 aliphatic carbocycles. The van der Waals surface area contributed by atoms with Crippen LogP contribution in [0.2, 0.25) is 0 Å². The van der Waals surface area contributed by atoms with E-state index in [1.807, 2.05) is 44.2 Å². The van der Waals surface area contributed by atoms with E-state index in [0.29, 0.717) is 13.0 Å². The highest BCUT2D eigenvalue weighted by atomic mass is 32.2. The number of fused-ring (bicyclic) bond motifs is 1. The summed E-state index contributed by atoms with van der Waals surface area (Å²) in [5.74, 6) is 1.17. The van der Waals surface area contributed by atoms with E-state index in [1.165, 1.54) is 12.1 Å². The molecule has 2 aromatic carbocycles. The van der Waals surface area contributed by atoms with Gasteiger partial charge in [0.25, 0.3) is 10.0 Å². The van der Waals surface area contributed by atoms with E-state index in [0.717, 1.165) is 58.1 Å². The first kappa shape index (κ1) is 25.9. The molecule has 1 aliphatic heterocycles. The molecule has 5 rings (SSSR count). The number of rotatable bonds is 7. The number of benzene rings is 2. The summed E-state index contributed by atoms with van der Waals surface area (Å²) in [7, 11) is -3.92. The lowest BCUT2D eigenvalue weighted by atomic mass is 10.1. The van der Waals surface area contributed by atoms with Crippen molar-refractivity contribution in [3.05, 3.63) is 82.8 Å². The number of amides is 2. The summed E-state index contributed by atoms with van der Waals surface area (Å²) in [4.78, 5) is 22.0. The van der Waals surface area contributed by atoms with Gasteiger partial charge in [-0.25, -0.2) is 27.9 Å². The highest BCUT2D eigenvalue weighted by molar-refractivity contribution is 7.90. The Kier molecular flexibility index (Phi) is 7.18. The molecule has 1 saturated heterocycles. The van der Waals surface area contributed by atoms with Gasteiger partial charge in [0.2, 0.25) is 0 Å². The summed E-state index contributed by atoms with van der Waals surface area (Å²) < 4.78 is 34.6. The molecule has 2 amide bonds. The van der Waals surface area contributed by atoms with Gasteiger partial charge in [-0.05, 0) is 75.1 Å². The number of hydrogen-bond acceptors (Lipinski definition) is 6. The van der Waals surface area contributed by atoms with E-state index in [-0.39, 0.29) is 17.4 Å². The van der Waals surface area contributed by atoms with Gasteiger partial charge in [-0.2, -0.15) is 0 Å². The number of sulfonamides is 1. The van der Waals surface area contributed by atoms with Crippen LogP contribution in [0.15, 0.2) is 59.5 Å². The quantitative estimate of drug-likeness (QED) is 0.370. The van der Waals surface area contributed by atoms with E-state index < -0.39 is 16.1 Å². The van der Waals surface area contributed by atoms with Gasteiger partial charge >= 0.3 is 6.03 Å². The van der Waals surface area contributed by atoms with Gasteiger partial charge in [0.15, 0.2) is 5.65 Å². The Labute approximate surface area is 222 Å². The van der Waals surface area contributed by atoms with Crippen LogP contribution >= 0.6 is 0 Å². The Balaban J connectivity index is 1.28. The zero-order valence-electron chi connectivity index (χ0n) is 21.7. The predicted molar refractivity (Wildman–Crippen MR) is 145 cm³/mol. The molecule has 3 heterocycles. The van der Waals surface area contributed by atoms with Crippen molar-refractivity contribution in [3.63, 3.8) is 0 Å². The standard InChI is InChI=1S/C28H31N5O4S/c1-18-4-10-24(11-5-18)38(35,36)32-28(34)29-14-12-21-6-8-23(9-7-21)33-26(22-13-15-37-17-22)31-25-19(2)16-20(3)30-27(25)33/h4-11,16,22H,12-15,17H2,1-3H3,(H2,29,32,34). The summed E-state index contributed by atoms with van der Waals surface area (Å²) in [6.45, 7) is 7.57. The molecule has 198 valence electrons. The van der Waals surface area contributed by atoms with Crippen molar-refractivity contribution in [1.82, 2.24) is 24.6 Å². The summed E-state index contributed by atoms with van der Waals surface area (Å²) in [5, 5.41) is 2.63. The molecular weight excluding hydrogens is 502 g/mol. The van der Waals surface area contributed by atoms with Gasteiger partial charge < -0.3 is 10.1 Å². The molecule has 4 aromatic rings. The predicted octanol–water partition coefficient (Wildman–Crippen LogP) is 4.08. The third kappa shape index (κ3) is 5.41. The number of aryl methyl sites for hydroxylation is 3. The van der Waals surface area contributed by atoms with Crippen molar-refractivity contribution in [2.75, 3.05) is 19.8 Å². The van der Waals surface area contributed by atoms with E-state index in [4.69, 9.17) is 14.7 Å². The maximum atomic E-state index is 12.4. The summed E-state index contributed by atoms with van der Waals surface area (Å²) >= 11 is 0. The van der Waals surface area contributed by atoms with E-state index in [1.54, 1.807) is 12.1 Å². The topological polar surface area (TPSA) is 115 Å². The number of imidazole rings is 1. The fourth-order valence-corrected chi connectivity index (χ4v) is 5.64. The molecule has 1 fully saturated rings. The van der Waals surface area contributed by atoms with Crippen LogP contribution in [-0.2, 0) is 21.2 Å². The normalized spacial score (nSPS) is 15.6. The first-order valence-electron chi connectivity index (χ1n) is 12.6. The van der Waals surface area contributed by atoms with Crippen LogP contribution in [0.3, 0.4) is 0 Å². The van der Waals surface area contributed by atoms with Crippen LogP contribution in [-0.4, -0.2) is 48.7 Å². The molecule has 0 saturated carbocycles. The largest absolute Gasteiger partial charge is 0.381 e. The second-order valence-electron chi connectivity index (χ2n) is 9.71. The lowest BCUT2D eigenvalue weighted by molar-refractivity contribution is 0.193. The van der Waals surface area contributed by atoms with Crippen molar-refractivity contribution in [1.29, 1.82) is 0 Å². The minimum Gasteiger partial charge on any atom is -0.381 e. The van der Waals surface area contributed by atoms with Crippen molar-refractivity contribution in [3.8, 4) is 5.69 Å². The van der Waals surface area contributed by atoms with Gasteiger partial charge in [-0.3, -0.25) is 4.57 Å². The van der Waals surface area contributed by atoms with Crippen LogP contribution in [0, 0.1) is 20.8 Å². The maximum Gasteiger partial charge on any atom is 0.328 e. The highest BCUT2D eigenvalue weighted by Crippen LogP contribution is 2.31. The number of hydrogen-bond donors (Lipinski definition) is 2. The Morgan fingerprint density at radius 3 is 2.47 bits per heavy atom. The zero-order chi connectivity index (χ0) is 26.9. The molecule has 0 radical (unpaired) electrons. The van der Waals surface area contributed by atoms with E-state index in [9.17, 15) is 13.2 Å². The third-order valence-corrected chi connectivity index (χ3v) is 8.05. The van der Waals surface area contributed by atoms with Crippen molar-refractivity contribution < 1.29 is 17.9 Å². The number of nitrogens with zero attached hydrogens (tertiary/aromatic N) is 3. The molecule has 1 unspecified atom stereocenters. The Hall–Kier alpha value is -3.76. The van der Waals surface area contributed by atoms with E-state index >= 15 is 0 Å². The molecule has 1 atom stereocenters.